The number of aromatic hydroxyl groups is 1. The first-order chi connectivity index (χ1) is 13.7. The largest absolute Gasteiger partial charge is 0.504 e. The van der Waals surface area contributed by atoms with Gasteiger partial charge in [0.05, 0.1) is 12.8 Å². The van der Waals surface area contributed by atoms with Gasteiger partial charge in [-0.3, -0.25) is 4.79 Å². The summed E-state index contributed by atoms with van der Waals surface area (Å²) in [7, 11) is 0. The first kappa shape index (κ1) is 19.0. The predicted octanol–water partition coefficient (Wildman–Crippen LogP) is 4.50. The number of hydrogen-bond acceptors (Lipinski definition) is 5. The minimum Gasteiger partial charge on any atom is -0.504 e. The second-order valence-electron chi connectivity index (χ2n) is 5.88. The van der Waals surface area contributed by atoms with Crippen LogP contribution >= 0.6 is 0 Å². The molecule has 0 aliphatic rings. The van der Waals surface area contributed by atoms with Crippen LogP contribution in [0.1, 0.15) is 28.4 Å². The number of hydrogen-bond donors (Lipinski definition) is 1. The van der Waals surface area contributed by atoms with E-state index < -0.39 is 0 Å². The van der Waals surface area contributed by atoms with Gasteiger partial charge < -0.3 is 9.84 Å². The molecule has 0 heterocycles. The summed E-state index contributed by atoms with van der Waals surface area (Å²) in [6.45, 7) is 2.28. The van der Waals surface area contributed by atoms with Crippen LogP contribution in [0.25, 0.3) is 0 Å². The fourth-order valence-electron chi connectivity index (χ4n) is 2.62. The zero-order valence-electron chi connectivity index (χ0n) is 15.4. The Morgan fingerprint density at radius 2 is 1.57 bits per heavy atom. The summed E-state index contributed by atoms with van der Waals surface area (Å²) in [6.07, 6.45) is 1.40. The Morgan fingerprint density at radius 1 is 0.929 bits per heavy atom. The third-order valence-corrected chi connectivity index (χ3v) is 3.98. The normalized spacial score (nSPS) is 11.5. The van der Waals surface area contributed by atoms with Gasteiger partial charge in [0, 0.05) is 16.7 Å². The van der Waals surface area contributed by atoms with Crippen LogP contribution in [0.2, 0.25) is 0 Å². The van der Waals surface area contributed by atoms with Crippen molar-refractivity contribution in [3.05, 3.63) is 95.6 Å². The molecule has 5 nitrogen and oxygen atoms in total. The molecule has 0 amide bonds. The number of benzene rings is 3. The van der Waals surface area contributed by atoms with Crippen molar-refractivity contribution in [2.24, 2.45) is 10.2 Å². The molecule has 0 aromatic heterocycles. The van der Waals surface area contributed by atoms with Crippen LogP contribution < -0.4 is 4.74 Å². The highest BCUT2D eigenvalue weighted by molar-refractivity contribution is 6.51. The van der Waals surface area contributed by atoms with Crippen LogP contribution in [0.15, 0.2) is 89.1 Å². The fourth-order valence-corrected chi connectivity index (χ4v) is 2.62. The summed E-state index contributed by atoms with van der Waals surface area (Å²) in [6, 6.07) is 23.2. The van der Waals surface area contributed by atoms with Crippen molar-refractivity contribution >= 4 is 17.7 Å². The molecule has 0 aliphatic heterocycles. The number of phenols is 1. The number of para-hydroxylation sites is 1. The lowest BCUT2D eigenvalue weighted by molar-refractivity contribution is 0.106. The summed E-state index contributed by atoms with van der Waals surface area (Å²) in [5.41, 5.74) is 1.88. The lowest BCUT2D eigenvalue weighted by Gasteiger charge is -2.07. The maximum atomic E-state index is 12.9. The van der Waals surface area contributed by atoms with Crippen molar-refractivity contribution in [3.8, 4) is 11.5 Å². The Kier molecular flexibility index (Phi) is 6.31. The highest BCUT2D eigenvalue weighted by Gasteiger charge is 2.16. The van der Waals surface area contributed by atoms with Crippen LogP contribution in [0.3, 0.4) is 0 Å². The molecule has 140 valence electrons. The molecule has 0 saturated carbocycles. The Bertz CT molecular complexity index is 997. The Labute approximate surface area is 163 Å². The second kappa shape index (κ2) is 9.28. The van der Waals surface area contributed by atoms with E-state index in [1.807, 2.05) is 43.3 Å². The number of carbonyl (C=O) groups is 1. The monoisotopic (exact) mass is 372 g/mol. The van der Waals surface area contributed by atoms with Crippen molar-refractivity contribution in [3.63, 3.8) is 0 Å². The van der Waals surface area contributed by atoms with Crippen molar-refractivity contribution in [2.75, 3.05) is 6.61 Å². The van der Waals surface area contributed by atoms with E-state index >= 15 is 0 Å². The molecule has 0 unspecified atom stereocenters. The molecule has 5 heteroatoms. The van der Waals surface area contributed by atoms with Gasteiger partial charge >= 0.3 is 0 Å². The summed E-state index contributed by atoms with van der Waals surface area (Å²) in [5.74, 6) is 0.134. The topological polar surface area (TPSA) is 71.2 Å². The fraction of sp³-hybridized carbons (Fsp3) is 0.0870. The third-order valence-electron chi connectivity index (χ3n) is 3.98. The number of rotatable bonds is 7. The maximum Gasteiger partial charge on any atom is 0.213 e. The van der Waals surface area contributed by atoms with Gasteiger partial charge in [0.1, 0.15) is 5.71 Å². The molecule has 0 spiro atoms. The van der Waals surface area contributed by atoms with E-state index in [2.05, 4.69) is 10.2 Å². The number of Topliss-reactive ketones (excluding diaryl/α,β-unsaturated/α-hetero) is 1. The first-order valence-electron chi connectivity index (χ1n) is 8.91. The minimum absolute atomic E-state index is 0.0149. The first-order valence-corrected chi connectivity index (χ1v) is 8.91. The third kappa shape index (κ3) is 4.51. The van der Waals surface area contributed by atoms with E-state index in [1.54, 1.807) is 42.5 Å². The minimum atomic E-state index is -0.226. The summed E-state index contributed by atoms with van der Waals surface area (Å²) in [5, 5.41) is 18.5. The van der Waals surface area contributed by atoms with Gasteiger partial charge in [0.25, 0.3) is 0 Å². The molecular weight excluding hydrogens is 352 g/mol. The number of carbonyl (C=O) groups excluding carboxylic acids is 1. The average molecular weight is 372 g/mol. The number of phenolic OH excluding ortho intramolecular Hbond substituents is 1. The molecule has 1 N–H and O–H groups in total. The van der Waals surface area contributed by atoms with Crippen molar-refractivity contribution < 1.29 is 14.6 Å². The zero-order valence-corrected chi connectivity index (χ0v) is 15.4. The maximum absolute atomic E-state index is 12.9. The molecule has 28 heavy (non-hydrogen) atoms. The van der Waals surface area contributed by atoms with Gasteiger partial charge in [-0.05, 0) is 19.1 Å². The van der Waals surface area contributed by atoms with Crippen molar-refractivity contribution in [1.82, 2.24) is 0 Å². The highest BCUT2D eigenvalue weighted by atomic mass is 16.5. The number of nitrogens with zero attached hydrogens (tertiary/aromatic N) is 2. The summed E-state index contributed by atoms with van der Waals surface area (Å²) in [4.78, 5) is 12.9. The van der Waals surface area contributed by atoms with Gasteiger partial charge in [0.15, 0.2) is 11.5 Å². The number of ether oxygens (including phenoxy) is 1. The van der Waals surface area contributed by atoms with Gasteiger partial charge in [-0.15, -0.1) is 5.10 Å². The van der Waals surface area contributed by atoms with Gasteiger partial charge in [0.2, 0.25) is 5.78 Å². The van der Waals surface area contributed by atoms with Crippen molar-refractivity contribution in [2.45, 2.75) is 6.92 Å². The van der Waals surface area contributed by atoms with E-state index in [-0.39, 0.29) is 17.2 Å². The molecular formula is C23H20N2O3. The highest BCUT2D eigenvalue weighted by Crippen LogP contribution is 2.28. The molecule has 0 radical (unpaired) electrons. The van der Waals surface area contributed by atoms with Gasteiger partial charge in [-0.25, -0.2) is 0 Å². The molecule has 0 aliphatic carbocycles. The second-order valence-corrected chi connectivity index (χ2v) is 5.88. The Hall–Kier alpha value is -3.73. The smallest absolute Gasteiger partial charge is 0.213 e. The average Bonchev–Trinajstić information content (AvgIpc) is 2.74. The van der Waals surface area contributed by atoms with E-state index in [4.69, 9.17) is 4.74 Å². The van der Waals surface area contributed by atoms with Crippen LogP contribution in [0.4, 0.5) is 0 Å². The van der Waals surface area contributed by atoms with Crippen LogP contribution in [0.5, 0.6) is 11.5 Å². The SMILES string of the molecule is CCOc1cccc(C=NN=C(C(=O)c2ccccc2)c2ccccc2)c1O. The van der Waals surface area contributed by atoms with Crippen LogP contribution in [-0.4, -0.2) is 29.4 Å². The summed E-state index contributed by atoms with van der Waals surface area (Å²) >= 11 is 0. The molecule has 3 aromatic carbocycles. The Balaban J connectivity index is 1.95. The molecule has 0 atom stereocenters. The molecule has 3 rings (SSSR count). The van der Waals surface area contributed by atoms with Crippen LogP contribution in [-0.2, 0) is 0 Å². The molecule has 0 saturated heterocycles. The lowest BCUT2D eigenvalue weighted by atomic mass is 10.0. The van der Waals surface area contributed by atoms with E-state index in [0.29, 0.717) is 29.0 Å². The standard InChI is InChI=1S/C23H20N2O3/c1-2-28-20-15-9-14-19(22(20)26)16-24-25-21(17-10-5-3-6-11-17)23(27)18-12-7-4-8-13-18/h3-16,26H,2H2,1H3. The number of ketones is 1. The molecule has 3 aromatic rings. The predicted molar refractivity (Wildman–Crippen MR) is 111 cm³/mol. The van der Waals surface area contributed by atoms with Gasteiger partial charge in [-0.1, -0.05) is 66.7 Å². The van der Waals surface area contributed by atoms with E-state index in [0.717, 1.165) is 0 Å². The molecule has 0 bridgehead atoms. The van der Waals surface area contributed by atoms with E-state index in [9.17, 15) is 9.90 Å². The summed E-state index contributed by atoms with van der Waals surface area (Å²) < 4.78 is 5.37. The molecule has 0 fully saturated rings. The van der Waals surface area contributed by atoms with Gasteiger partial charge in [-0.2, -0.15) is 5.10 Å². The van der Waals surface area contributed by atoms with Crippen LogP contribution in [0, 0.1) is 0 Å². The van der Waals surface area contributed by atoms with E-state index in [1.165, 1.54) is 6.21 Å². The zero-order chi connectivity index (χ0) is 19.8. The van der Waals surface area contributed by atoms with Crippen molar-refractivity contribution in [1.29, 1.82) is 0 Å². The lowest BCUT2D eigenvalue weighted by Crippen LogP contribution is -2.15. The Morgan fingerprint density at radius 3 is 2.21 bits per heavy atom. The quantitative estimate of drug-likeness (QED) is 0.377.